The molecule has 3 fully saturated rings. The molecule has 0 aliphatic heterocycles. The first-order chi connectivity index (χ1) is 13.0. The van der Waals surface area contributed by atoms with Gasteiger partial charge in [0.25, 0.3) is 0 Å². The summed E-state index contributed by atoms with van der Waals surface area (Å²) in [6.45, 7) is 5.33. The monoisotopic (exact) mass is 392 g/mol. The Morgan fingerprint density at radius 2 is 2.00 bits per heavy atom. The molecule has 0 radical (unpaired) electrons. The maximum Gasteiger partial charge on any atom is 0.338 e. The Balaban J connectivity index is 1.84. The van der Waals surface area contributed by atoms with Crippen LogP contribution in [-0.4, -0.2) is 46.4 Å². The van der Waals surface area contributed by atoms with Crippen LogP contribution in [0.4, 0.5) is 4.39 Å². The molecule has 0 aromatic carbocycles. The average Bonchev–Trinajstić information content (AvgIpc) is 2.84. The zero-order valence-electron chi connectivity index (χ0n) is 16.9. The predicted octanol–water partition coefficient (Wildman–Crippen LogP) is 2.51. The molecule has 4 aliphatic carbocycles. The molecule has 8 atom stereocenters. The molecule has 154 valence electrons. The van der Waals surface area contributed by atoms with Gasteiger partial charge in [-0.25, -0.2) is 9.18 Å². The fourth-order valence-electron chi connectivity index (χ4n) is 7.14. The lowest BCUT2D eigenvalue weighted by Crippen LogP contribution is -2.69. The van der Waals surface area contributed by atoms with Gasteiger partial charge in [0.1, 0.15) is 0 Å². The van der Waals surface area contributed by atoms with Gasteiger partial charge in [0.05, 0.1) is 13.2 Å². The minimum absolute atomic E-state index is 0.0364. The highest BCUT2D eigenvalue weighted by Gasteiger charge is 2.76. The second-order valence-corrected chi connectivity index (χ2v) is 9.66. The molecule has 0 aromatic heterocycles. The number of aliphatic hydroxyl groups is 2. The maximum atomic E-state index is 16.9. The number of aliphatic hydroxyl groups excluding tert-OH is 1. The first-order valence-electron chi connectivity index (χ1n) is 10.1. The molecule has 0 heterocycles. The summed E-state index contributed by atoms with van der Waals surface area (Å²) in [4.78, 5) is 24.4. The molecule has 5 nitrogen and oxygen atoms in total. The molecule has 0 saturated heterocycles. The van der Waals surface area contributed by atoms with Crippen LogP contribution in [0.3, 0.4) is 0 Å². The van der Waals surface area contributed by atoms with Gasteiger partial charge in [0, 0.05) is 16.7 Å². The maximum absolute atomic E-state index is 16.9. The molecule has 6 heteroatoms. The van der Waals surface area contributed by atoms with Crippen LogP contribution in [0.2, 0.25) is 0 Å². The molecular weight excluding hydrogens is 363 g/mol. The van der Waals surface area contributed by atoms with Crippen molar-refractivity contribution < 1.29 is 28.9 Å². The van der Waals surface area contributed by atoms with E-state index in [0.29, 0.717) is 19.3 Å². The lowest BCUT2D eigenvalue weighted by Gasteiger charge is -2.62. The number of esters is 1. The molecule has 0 unspecified atom stereocenters. The van der Waals surface area contributed by atoms with E-state index in [2.05, 4.69) is 0 Å². The number of hydrogen-bond donors (Lipinski definition) is 2. The van der Waals surface area contributed by atoms with Crippen molar-refractivity contribution in [3.8, 4) is 0 Å². The van der Waals surface area contributed by atoms with Crippen molar-refractivity contribution in [1.29, 1.82) is 0 Å². The molecule has 0 spiro atoms. The second kappa shape index (κ2) is 5.76. The first-order valence-corrected chi connectivity index (χ1v) is 10.1. The van der Waals surface area contributed by atoms with Crippen molar-refractivity contribution >= 4 is 11.8 Å². The highest BCUT2D eigenvalue weighted by Crippen LogP contribution is 2.70. The van der Waals surface area contributed by atoms with Gasteiger partial charge in [-0.05, 0) is 56.6 Å². The van der Waals surface area contributed by atoms with Crippen LogP contribution in [0.15, 0.2) is 23.8 Å². The van der Waals surface area contributed by atoms with Crippen molar-refractivity contribution in [3.05, 3.63) is 23.8 Å². The van der Waals surface area contributed by atoms with Gasteiger partial charge in [0.15, 0.2) is 17.1 Å². The van der Waals surface area contributed by atoms with E-state index in [4.69, 9.17) is 4.74 Å². The van der Waals surface area contributed by atoms with Crippen LogP contribution >= 0.6 is 0 Å². The molecule has 0 aromatic rings. The highest BCUT2D eigenvalue weighted by atomic mass is 19.1. The number of rotatable bonds is 1. The summed E-state index contributed by atoms with van der Waals surface area (Å²) < 4.78 is 21.8. The third kappa shape index (κ3) is 1.98. The molecular formula is C22H29FO5. The van der Waals surface area contributed by atoms with Crippen molar-refractivity contribution in [1.82, 2.24) is 0 Å². The molecule has 0 amide bonds. The zero-order valence-corrected chi connectivity index (χ0v) is 16.9. The van der Waals surface area contributed by atoms with Crippen molar-refractivity contribution in [2.45, 2.75) is 63.8 Å². The third-order valence-corrected chi connectivity index (χ3v) is 8.72. The summed E-state index contributed by atoms with van der Waals surface area (Å²) in [5, 5.41) is 22.6. The summed E-state index contributed by atoms with van der Waals surface area (Å²) >= 11 is 0. The molecule has 3 saturated carbocycles. The van der Waals surface area contributed by atoms with E-state index in [1.807, 2.05) is 0 Å². The highest BCUT2D eigenvalue weighted by molar-refractivity contribution is 6.01. The Labute approximate surface area is 164 Å². The number of ketones is 1. The van der Waals surface area contributed by atoms with Crippen LogP contribution in [-0.2, 0) is 14.3 Å². The number of ether oxygens (including phenoxy) is 1. The Kier molecular flexibility index (Phi) is 4.07. The first kappa shape index (κ1) is 19.8. The number of hydrogen-bond acceptors (Lipinski definition) is 5. The standard InChI is InChI=1S/C22H29FO5/c1-12-9-16-15-6-5-13-10-14(24)7-8-19(13,2)21(15,23)17(25)11-20(16,3)22(12,27)18(26)28-4/h7-8,10,12,15-17,25,27H,5-6,9,11H2,1-4H3/t12-,15+,16+,17+,19+,20+,21+,22+/m1/s1. The summed E-state index contributed by atoms with van der Waals surface area (Å²) in [7, 11) is 1.24. The van der Waals surface area contributed by atoms with Crippen molar-refractivity contribution in [3.63, 3.8) is 0 Å². The normalized spacial score (nSPS) is 52.4. The van der Waals surface area contributed by atoms with E-state index in [1.54, 1.807) is 26.8 Å². The van der Waals surface area contributed by atoms with E-state index < -0.39 is 46.0 Å². The van der Waals surface area contributed by atoms with E-state index in [9.17, 15) is 19.8 Å². The number of fused-ring (bicyclic) bond motifs is 5. The van der Waals surface area contributed by atoms with Crippen LogP contribution < -0.4 is 0 Å². The molecule has 28 heavy (non-hydrogen) atoms. The Morgan fingerprint density at radius 1 is 1.32 bits per heavy atom. The quantitative estimate of drug-likeness (QED) is 0.670. The van der Waals surface area contributed by atoms with E-state index in [0.717, 1.165) is 5.57 Å². The SMILES string of the molecule is COC(=O)[C@@]1(O)[C@H](C)C[C@H]2[C@@H]3CCC4=CC(=O)C=C[C@]4(C)[C@@]3(F)[C@@H](O)C[C@@]21C. The smallest absolute Gasteiger partial charge is 0.338 e. The van der Waals surface area contributed by atoms with Gasteiger partial charge in [-0.15, -0.1) is 0 Å². The number of alkyl halides is 1. The van der Waals surface area contributed by atoms with E-state index in [-0.39, 0.29) is 18.1 Å². The lowest BCUT2D eigenvalue weighted by atomic mass is 9.45. The molecule has 2 N–H and O–H groups in total. The van der Waals surface area contributed by atoms with Crippen LogP contribution in [0.25, 0.3) is 0 Å². The number of allylic oxidation sites excluding steroid dienone is 4. The van der Waals surface area contributed by atoms with E-state index in [1.165, 1.54) is 19.3 Å². The van der Waals surface area contributed by atoms with Crippen molar-refractivity contribution in [2.75, 3.05) is 7.11 Å². The number of carbonyl (C=O) groups excluding carboxylic acids is 2. The summed E-state index contributed by atoms with van der Waals surface area (Å²) in [5.41, 5.74) is -5.05. The summed E-state index contributed by atoms with van der Waals surface area (Å²) in [6, 6.07) is 0. The van der Waals surface area contributed by atoms with Crippen LogP contribution in [0, 0.1) is 28.6 Å². The second-order valence-electron chi connectivity index (χ2n) is 9.66. The lowest BCUT2D eigenvalue weighted by molar-refractivity contribution is -0.226. The Bertz CT molecular complexity index is 805. The molecule has 4 aliphatic rings. The predicted molar refractivity (Wildman–Crippen MR) is 99.9 cm³/mol. The largest absolute Gasteiger partial charge is 0.467 e. The minimum atomic E-state index is -1.96. The Morgan fingerprint density at radius 3 is 2.64 bits per heavy atom. The third-order valence-electron chi connectivity index (χ3n) is 8.72. The number of carbonyl (C=O) groups is 2. The van der Waals surface area contributed by atoms with Gasteiger partial charge < -0.3 is 14.9 Å². The van der Waals surface area contributed by atoms with Gasteiger partial charge in [0.2, 0.25) is 0 Å². The zero-order chi connectivity index (χ0) is 20.7. The van der Waals surface area contributed by atoms with Gasteiger partial charge in [-0.3, -0.25) is 4.79 Å². The average molecular weight is 392 g/mol. The minimum Gasteiger partial charge on any atom is -0.467 e. The molecule has 4 rings (SSSR count). The van der Waals surface area contributed by atoms with Gasteiger partial charge in [-0.2, -0.15) is 0 Å². The summed E-state index contributed by atoms with van der Waals surface area (Å²) in [5.74, 6) is -2.07. The van der Waals surface area contributed by atoms with Gasteiger partial charge in [-0.1, -0.05) is 25.5 Å². The Hall–Kier alpha value is -1.53. The topological polar surface area (TPSA) is 83.8 Å². The van der Waals surface area contributed by atoms with Crippen LogP contribution in [0.1, 0.15) is 46.5 Å². The van der Waals surface area contributed by atoms with Crippen LogP contribution in [0.5, 0.6) is 0 Å². The fraction of sp³-hybridized carbons (Fsp3) is 0.727. The summed E-state index contributed by atoms with van der Waals surface area (Å²) in [6.07, 6.45) is 4.61. The fourth-order valence-corrected chi connectivity index (χ4v) is 7.14. The molecule has 0 bridgehead atoms. The number of halogens is 1. The van der Waals surface area contributed by atoms with E-state index >= 15 is 4.39 Å². The van der Waals surface area contributed by atoms with Gasteiger partial charge >= 0.3 is 5.97 Å². The number of methoxy groups -OCH3 is 1. The van der Waals surface area contributed by atoms with Crippen molar-refractivity contribution in [2.24, 2.45) is 28.6 Å².